The zero-order valence-corrected chi connectivity index (χ0v) is 11.9. The molecule has 0 aliphatic rings. The lowest BCUT2D eigenvalue weighted by Crippen LogP contribution is -2.16. The van der Waals surface area contributed by atoms with Gasteiger partial charge in [-0.1, -0.05) is 38.1 Å². The third-order valence-electron chi connectivity index (χ3n) is 2.93. The van der Waals surface area contributed by atoms with Crippen LogP contribution in [0.25, 0.3) is 0 Å². The van der Waals surface area contributed by atoms with Crippen LogP contribution in [0.4, 0.5) is 13.2 Å². The molecule has 7 heteroatoms. The van der Waals surface area contributed by atoms with E-state index in [-0.39, 0.29) is 16.8 Å². The number of nitrogens with two attached hydrogens (primary N) is 1. The van der Waals surface area contributed by atoms with Crippen LogP contribution in [0, 0.1) is 0 Å². The molecule has 1 atom stereocenters. The summed E-state index contributed by atoms with van der Waals surface area (Å²) in [4.78, 5) is 4.17. The molecular formula is C14H16F3N3O. The molecule has 0 radical (unpaired) electrons. The maximum Gasteiger partial charge on any atom is 0.416 e. The van der Waals surface area contributed by atoms with Gasteiger partial charge in [-0.05, 0) is 17.7 Å². The van der Waals surface area contributed by atoms with Crippen molar-refractivity contribution in [1.29, 1.82) is 0 Å². The lowest BCUT2D eigenvalue weighted by atomic mass is 9.97. The summed E-state index contributed by atoms with van der Waals surface area (Å²) < 4.78 is 43.2. The molecule has 0 aliphatic carbocycles. The molecule has 0 fully saturated rings. The fourth-order valence-corrected chi connectivity index (χ4v) is 1.72. The van der Waals surface area contributed by atoms with E-state index in [1.807, 2.05) is 20.8 Å². The molecule has 0 saturated carbocycles. The Balaban J connectivity index is 2.32. The summed E-state index contributed by atoms with van der Waals surface area (Å²) in [5.74, 6) is 0.555. The van der Waals surface area contributed by atoms with Gasteiger partial charge in [-0.25, -0.2) is 0 Å². The van der Waals surface area contributed by atoms with Gasteiger partial charge in [0.15, 0.2) is 5.82 Å². The molecule has 2 aromatic rings. The molecule has 0 saturated heterocycles. The van der Waals surface area contributed by atoms with Gasteiger partial charge in [0.25, 0.3) is 0 Å². The molecule has 21 heavy (non-hydrogen) atoms. The quantitative estimate of drug-likeness (QED) is 0.922. The van der Waals surface area contributed by atoms with Crippen molar-refractivity contribution in [3.05, 3.63) is 47.1 Å². The Bertz CT molecular complexity index is 629. The summed E-state index contributed by atoms with van der Waals surface area (Å²) in [5.41, 5.74) is 5.11. The zero-order chi connectivity index (χ0) is 15.8. The number of alkyl halides is 3. The second kappa shape index (κ2) is 5.14. The highest BCUT2D eigenvalue weighted by Crippen LogP contribution is 2.31. The third kappa shape index (κ3) is 3.41. The van der Waals surface area contributed by atoms with Crippen LogP contribution in [0.2, 0.25) is 0 Å². The molecular weight excluding hydrogens is 283 g/mol. The average molecular weight is 299 g/mol. The highest BCUT2D eigenvalue weighted by Gasteiger charge is 2.31. The van der Waals surface area contributed by atoms with Crippen LogP contribution >= 0.6 is 0 Å². The van der Waals surface area contributed by atoms with Gasteiger partial charge in [-0.15, -0.1) is 0 Å². The number of nitrogens with zero attached hydrogens (tertiary/aromatic N) is 2. The van der Waals surface area contributed by atoms with E-state index in [4.69, 9.17) is 10.3 Å². The molecule has 0 spiro atoms. The monoisotopic (exact) mass is 299 g/mol. The number of halogens is 3. The van der Waals surface area contributed by atoms with Crippen LogP contribution < -0.4 is 5.73 Å². The Morgan fingerprint density at radius 3 is 2.38 bits per heavy atom. The van der Waals surface area contributed by atoms with E-state index < -0.39 is 17.8 Å². The van der Waals surface area contributed by atoms with Crippen LogP contribution in [-0.2, 0) is 11.6 Å². The fraction of sp³-hybridized carbons (Fsp3) is 0.429. The van der Waals surface area contributed by atoms with E-state index in [1.54, 1.807) is 0 Å². The van der Waals surface area contributed by atoms with Crippen molar-refractivity contribution in [2.45, 2.75) is 38.4 Å². The summed E-state index contributed by atoms with van der Waals surface area (Å²) >= 11 is 0. The van der Waals surface area contributed by atoms with Crippen LogP contribution in [-0.4, -0.2) is 10.1 Å². The number of hydrogen-bond acceptors (Lipinski definition) is 4. The van der Waals surface area contributed by atoms with Gasteiger partial charge >= 0.3 is 6.18 Å². The Morgan fingerprint density at radius 2 is 1.86 bits per heavy atom. The van der Waals surface area contributed by atoms with Gasteiger partial charge in [-0.3, -0.25) is 0 Å². The minimum Gasteiger partial charge on any atom is -0.339 e. The van der Waals surface area contributed by atoms with Gasteiger partial charge in [0.1, 0.15) is 0 Å². The SMILES string of the molecule is CC(C)(C)c1nc(C(N)c2cccc(C(F)(F)F)c2)no1. The van der Waals surface area contributed by atoms with Gasteiger partial charge in [0.05, 0.1) is 11.6 Å². The van der Waals surface area contributed by atoms with Crippen LogP contribution in [0.1, 0.15) is 49.7 Å². The van der Waals surface area contributed by atoms with Crippen molar-refractivity contribution in [2.75, 3.05) is 0 Å². The van der Waals surface area contributed by atoms with Crippen molar-refractivity contribution in [2.24, 2.45) is 5.73 Å². The average Bonchev–Trinajstić information content (AvgIpc) is 2.86. The second-order valence-corrected chi connectivity index (χ2v) is 5.81. The first-order valence-electron chi connectivity index (χ1n) is 6.36. The Labute approximate surface area is 120 Å². The van der Waals surface area contributed by atoms with E-state index in [9.17, 15) is 13.2 Å². The van der Waals surface area contributed by atoms with Gasteiger partial charge in [0, 0.05) is 5.41 Å². The summed E-state index contributed by atoms with van der Waals surface area (Å²) in [7, 11) is 0. The number of rotatable bonds is 2. The van der Waals surface area contributed by atoms with Crippen molar-refractivity contribution < 1.29 is 17.7 Å². The van der Waals surface area contributed by atoms with Crippen LogP contribution in [0.3, 0.4) is 0 Å². The van der Waals surface area contributed by atoms with Crippen molar-refractivity contribution in [3.8, 4) is 0 Å². The first kappa shape index (κ1) is 15.5. The highest BCUT2D eigenvalue weighted by molar-refractivity contribution is 5.30. The second-order valence-electron chi connectivity index (χ2n) is 5.81. The first-order chi connectivity index (χ1) is 9.59. The number of hydrogen-bond donors (Lipinski definition) is 1. The molecule has 1 unspecified atom stereocenters. The molecule has 1 heterocycles. The van der Waals surface area contributed by atoms with Crippen molar-refractivity contribution in [1.82, 2.24) is 10.1 Å². The van der Waals surface area contributed by atoms with Crippen LogP contribution in [0.5, 0.6) is 0 Å². The van der Waals surface area contributed by atoms with Crippen molar-refractivity contribution >= 4 is 0 Å². The summed E-state index contributed by atoms with van der Waals surface area (Å²) in [6, 6.07) is 3.94. The molecule has 2 N–H and O–H groups in total. The highest BCUT2D eigenvalue weighted by atomic mass is 19.4. The Morgan fingerprint density at radius 1 is 1.19 bits per heavy atom. The molecule has 0 aliphatic heterocycles. The van der Waals surface area contributed by atoms with E-state index in [1.165, 1.54) is 12.1 Å². The van der Waals surface area contributed by atoms with E-state index >= 15 is 0 Å². The standard InChI is InChI=1S/C14H16F3N3O/c1-13(2,3)12-19-11(20-21-12)10(18)8-5-4-6-9(7-8)14(15,16)17/h4-7,10H,18H2,1-3H3. The molecule has 4 nitrogen and oxygen atoms in total. The first-order valence-corrected chi connectivity index (χ1v) is 6.36. The van der Waals surface area contributed by atoms with Crippen molar-refractivity contribution in [3.63, 3.8) is 0 Å². The molecule has 0 amide bonds. The summed E-state index contributed by atoms with van der Waals surface area (Å²) in [6.45, 7) is 5.67. The maximum absolute atomic E-state index is 12.7. The lowest BCUT2D eigenvalue weighted by Gasteiger charge is -2.12. The minimum absolute atomic E-state index is 0.166. The topological polar surface area (TPSA) is 64.9 Å². The van der Waals surface area contributed by atoms with Gasteiger partial charge in [0.2, 0.25) is 5.89 Å². The number of benzene rings is 1. The van der Waals surface area contributed by atoms with E-state index in [2.05, 4.69) is 10.1 Å². The normalized spacial score (nSPS) is 14.2. The maximum atomic E-state index is 12.7. The van der Waals surface area contributed by atoms with Crippen LogP contribution in [0.15, 0.2) is 28.8 Å². The molecule has 0 bridgehead atoms. The Kier molecular flexibility index (Phi) is 3.79. The third-order valence-corrected chi connectivity index (χ3v) is 2.93. The molecule has 114 valence electrons. The minimum atomic E-state index is -4.41. The molecule has 1 aromatic heterocycles. The summed E-state index contributed by atoms with van der Waals surface area (Å²) in [6.07, 6.45) is -4.41. The zero-order valence-electron chi connectivity index (χ0n) is 11.9. The lowest BCUT2D eigenvalue weighted by molar-refractivity contribution is -0.137. The largest absolute Gasteiger partial charge is 0.416 e. The molecule has 1 aromatic carbocycles. The Hall–Kier alpha value is -1.89. The van der Waals surface area contributed by atoms with E-state index in [0.29, 0.717) is 5.89 Å². The van der Waals surface area contributed by atoms with E-state index in [0.717, 1.165) is 12.1 Å². The van der Waals surface area contributed by atoms with Gasteiger partial charge < -0.3 is 10.3 Å². The summed E-state index contributed by atoms with van der Waals surface area (Å²) in [5, 5.41) is 3.76. The smallest absolute Gasteiger partial charge is 0.339 e. The van der Waals surface area contributed by atoms with Gasteiger partial charge in [-0.2, -0.15) is 18.2 Å². The molecule has 2 rings (SSSR count). The predicted octanol–water partition coefficient (Wildman–Crippen LogP) is 3.43. The number of aromatic nitrogens is 2. The fourth-order valence-electron chi connectivity index (χ4n) is 1.72. The predicted molar refractivity (Wildman–Crippen MR) is 70.5 cm³/mol.